The number of aromatic nitrogens is 12. The van der Waals surface area contributed by atoms with Gasteiger partial charge in [-0.3, -0.25) is 34.9 Å². The molecule has 0 aliphatic heterocycles. The third-order valence-electron chi connectivity index (χ3n) is 12.1. The summed E-state index contributed by atoms with van der Waals surface area (Å²) in [6.07, 6.45) is 22.3. The SMILES string of the molecule is CC(C)c1ccn(C)c1.CC(C)c1cnccn1.CC(C)c1ncccn1.Cc1cc(C(C)C)on1.Cc1ccc(C(C)C)nc1.Cc1ccc(C(C)C)nc1.Cc1ccc(C(C)C)nc1.Cc1cnc(C(C)C)cn1.Cc1csc(C(C)C)n1. The lowest BCUT2D eigenvalue weighted by atomic mass is 10.1. The molecule has 0 aromatic carbocycles. The lowest BCUT2D eigenvalue weighted by molar-refractivity contribution is 0.368. The minimum atomic E-state index is 0.436. The second kappa shape index (κ2) is 41.8. The van der Waals surface area contributed by atoms with Crippen molar-refractivity contribution in [3.8, 4) is 0 Å². The van der Waals surface area contributed by atoms with Gasteiger partial charge < -0.3 is 9.09 Å². The highest BCUT2D eigenvalue weighted by Gasteiger charge is 2.05. The third kappa shape index (κ3) is 34.4. The smallest absolute Gasteiger partial charge is 0.139 e. The summed E-state index contributed by atoms with van der Waals surface area (Å²) in [6, 6.07) is 18.5. The van der Waals surface area contributed by atoms with Gasteiger partial charge in [0, 0.05) is 133 Å². The van der Waals surface area contributed by atoms with Crippen molar-refractivity contribution < 1.29 is 4.52 Å². The highest BCUT2D eigenvalue weighted by Crippen LogP contribution is 2.19. The van der Waals surface area contributed by atoms with Crippen molar-refractivity contribution in [2.24, 2.45) is 7.05 Å². The van der Waals surface area contributed by atoms with Crippen LogP contribution in [0.15, 0.2) is 139 Å². The van der Waals surface area contributed by atoms with E-state index in [1.807, 2.05) is 64.7 Å². The molecule has 0 saturated heterocycles. The zero-order valence-corrected chi connectivity index (χ0v) is 57.4. The zero-order chi connectivity index (χ0) is 64.2. The first-order valence-electron chi connectivity index (χ1n) is 30.1. The van der Waals surface area contributed by atoms with Crippen LogP contribution >= 0.6 is 11.3 Å². The minimum absolute atomic E-state index is 0.436. The monoisotopic (exact) mass is 1170 g/mol. The second-order valence-electron chi connectivity index (χ2n) is 23.8. The molecule has 0 unspecified atom stereocenters. The lowest BCUT2D eigenvalue weighted by Gasteiger charge is -2.02. The van der Waals surface area contributed by atoms with Crippen LogP contribution in [-0.2, 0) is 7.05 Å². The van der Waals surface area contributed by atoms with Crippen LogP contribution in [0.25, 0.3) is 0 Å². The van der Waals surface area contributed by atoms with Crippen molar-refractivity contribution in [3.05, 3.63) is 219 Å². The Balaban J connectivity index is 0.000000478. The molecule has 0 atom stereocenters. The Morgan fingerprint density at radius 2 is 0.871 bits per heavy atom. The molecule has 0 bridgehead atoms. The van der Waals surface area contributed by atoms with E-state index >= 15 is 0 Å². The van der Waals surface area contributed by atoms with Crippen LogP contribution in [0.3, 0.4) is 0 Å². The van der Waals surface area contributed by atoms with E-state index in [-0.39, 0.29) is 0 Å². The zero-order valence-electron chi connectivity index (χ0n) is 56.6. The van der Waals surface area contributed by atoms with Crippen molar-refractivity contribution >= 4 is 11.3 Å². The molecule has 13 nitrogen and oxygen atoms in total. The molecule has 0 N–H and O–H groups in total. The summed E-state index contributed by atoms with van der Waals surface area (Å²) >= 11 is 1.75. The van der Waals surface area contributed by atoms with E-state index in [1.54, 1.807) is 48.5 Å². The normalized spacial score (nSPS) is 10.4. The molecule has 9 rings (SSSR count). The number of hydrogen-bond acceptors (Lipinski definition) is 13. The highest BCUT2D eigenvalue weighted by molar-refractivity contribution is 7.09. The molecular formula is C71H106N12OS. The number of hydrogen-bond donors (Lipinski definition) is 0. The van der Waals surface area contributed by atoms with Crippen LogP contribution in [0.5, 0.6) is 0 Å². The average Bonchev–Trinajstić information content (AvgIpc) is 4.28. The van der Waals surface area contributed by atoms with Gasteiger partial charge in [-0.2, -0.15) is 0 Å². The highest BCUT2D eigenvalue weighted by atomic mass is 32.1. The van der Waals surface area contributed by atoms with Crippen LogP contribution < -0.4 is 0 Å². The van der Waals surface area contributed by atoms with Gasteiger partial charge in [-0.15, -0.1) is 11.3 Å². The maximum atomic E-state index is 4.98. The fraction of sp³-hybridized carbons (Fsp3) is 0.479. The van der Waals surface area contributed by atoms with Gasteiger partial charge in [-0.25, -0.2) is 15.0 Å². The fourth-order valence-corrected chi connectivity index (χ4v) is 7.35. The minimum Gasteiger partial charge on any atom is -0.361 e. The van der Waals surface area contributed by atoms with Crippen LogP contribution in [0.4, 0.5) is 0 Å². The topological polar surface area (TPSA) is 160 Å². The molecule has 0 spiro atoms. The van der Waals surface area contributed by atoms with Gasteiger partial charge in [0.15, 0.2) is 0 Å². The first kappa shape index (κ1) is 75.8. The van der Waals surface area contributed by atoms with Gasteiger partial charge in [-0.1, -0.05) is 148 Å². The predicted molar refractivity (Wildman–Crippen MR) is 358 cm³/mol. The van der Waals surface area contributed by atoms with Crippen LogP contribution in [0, 0.1) is 41.5 Å². The molecule has 0 radical (unpaired) electrons. The molecule has 0 fully saturated rings. The summed E-state index contributed by atoms with van der Waals surface area (Å²) in [5.74, 6) is 6.60. The predicted octanol–water partition coefficient (Wildman–Crippen LogP) is 19.5. The maximum absolute atomic E-state index is 4.98. The second-order valence-corrected chi connectivity index (χ2v) is 24.7. The van der Waals surface area contributed by atoms with Gasteiger partial charge >= 0.3 is 0 Å². The fourth-order valence-electron chi connectivity index (χ4n) is 6.54. The third-order valence-corrected chi connectivity index (χ3v) is 13.4. The number of thiazole rings is 1. The van der Waals surface area contributed by atoms with Gasteiger partial charge in [-0.05, 0) is 130 Å². The molecule has 9 heterocycles. The lowest BCUT2D eigenvalue weighted by Crippen LogP contribution is -1.93. The van der Waals surface area contributed by atoms with E-state index in [0.717, 1.165) is 40.1 Å². The van der Waals surface area contributed by atoms with Gasteiger partial charge in [0.25, 0.3) is 0 Å². The molecule has 0 amide bonds. The van der Waals surface area contributed by atoms with Crippen LogP contribution in [-0.4, -0.2) is 59.6 Å². The molecular weight excluding hydrogens is 1070 g/mol. The van der Waals surface area contributed by atoms with E-state index in [9.17, 15) is 0 Å². The quantitative estimate of drug-likeness (QED) is 0.135. The van der Waals surface area contributed by atoms with Crippen LogP contribution in [0.2, 0.25) is 0 Å². The molecule has 0 saturated carbocycles. The molecule has 0 aliphatic carbocycles. The average molecular weight is 1180 g/mol. The van der Waals surface area contributed by atoms with E-state index in [2.05, 4.69) is 265 Å². The largest absolute Gasteiger partial charge is 0.361 e. The summed E-state index contributed by atoms with van der Waals surface area (Å²) in [5, 5.41) is 7.10. The van der Waals surface area contributed by atoms with Crippen molar-refractivity contribution in [1.82, 2.24) is 59.6 Å². The van der Waals surface area contributed by atoms with Crippen molar-refractivity contribution in [2.45, 2.75) is 219 Å². The first-order valence-corrected chi connectivity index (χ1v) is 30.9. The van der Waals surface area contributed by atoms with E-state index in [4.69, 9.17) is 4.52 Å². The van der Waals surface area contributed by atoms with E-state index in [1.165, 1.54) is 44.3 Å². The number of pyridine rings is 3. The molecule has 85 heavy (non-hydrogen) atoms. The van der Waals surface area contributed by atoms with Gasteiger partial charge in [0.1, 0.15) is 11.6 Å². The maximum Gasteiger partial charge on any atom is 0.139 e. The van der Waals surface area contributed by atoms with Gasteiger partial charge in [0.2, 0.25) is 0 Å². The summed E-state index contributed by atoms with van der Waals surface area (Å²) in [4.78, 5) is 41.7. The Labute approximate surface area is 518 Å². The van der Waals surface area contributed by atoms with Crippen molar-refractivity contribution in [3.63, 3.8) is 0 Å². The molecule has 9 aromatic heterocycles. The summed E-state index contributed by atoms with van der Waals surface area (Å²) in [5.41, 5.74) is 13.8. The number of nitrogens with zero attached hydrogens (tertiary/aromatic N) is 12. The van der Waals surface area contributed by atoms with E-state index < -0.39 is 0 Å². The molecule has 9 aromatic rings. The molecule has 0 aliphatic rings. The Morgan fingerprint density at radius 1 is 0.400 bits per heavy atom. The number of rotatable bonds is 9. The first-order chi connectivity index (χ1) is 40.0. The Morgan fingerprint density at radius 3 is 1.11 bits per heavy atom. The standard InChI is InChI=1S/3C9H13N.C8H12N2.C8H13N.2C7H10N2.C7H11NO.C7H11NS/c3*1-7(2)9-5-4-8(3)6-10-9;1-6(2)8-5-9-7(3)4-10-8;1-7(2)8-4-5-9(3)6-8;1-6(2)7-5-8-3-4-9-7;1-6(2)7-8-4-3-5-9-7;1-5(2)7-4-6(3)8-9-7;1-5(2)7-8-6(3)4-9-7/h3*4-7H,1-3H3;4-6H,1-3H3;4-7H,1-3H3;2*3-6H,1-2H3;2*4-5H,1-3H3. The summed E-state index contributed by atoms with van der Waals surface area (Å²) in [6.45, 7) is 50.4. The Bertz CT molecular complexity index is 2690. The van der Waals surface area contributed by atoms with Crippen molar-refractivity contribution in [1.29, 1.82) is 0 Å². The van der Waals surface area contributed by atoms with Gasteiger partial charge in [0.05, 0.1) is 27.8 Å². The molecule has 462 valence electrons. The number of aryl methyl sites for hydroxylation is 7. The van der Waals surface area contributed by atoms with Crippen LogP contribution in [0.1, 0.15) is 262 Å². The Hall–Kier alpha value is -7.19. The van der Waals surface area contributed by atoms with Crippen molar-refractivity contribution in [2.75, 3.05) is 0 Å². The van der Waals surface area contributed by atoms with E-state index in [0.29, 0.717) is 53.3 Å². The molecule has 14 heteroatoms. The summed E-state index contributed by atoms with van der Waals surface area (Å²) < 4.78 is 7.05. The Kier molecular flexibility index (Phi) is 37.3. The summed E-state index contributed by atoms with van der Waals surface area (Å²) in [7, 11) is 2.05.